The largest absolute Gasteiger partial charge is 0.354 e. The summed E-state index contributed by atoms with van der Waals surface area (Å²) in [5.41, 5.74) is 5.61. The Labute approximate surface area is 126 Å². The summed E-state index contributed by atoms with van der Waals surface area (Å²) >= 11 is 0. The van der Waals surface area contributed by atoms with E-state index in [-0.39, 0.29) is 0 Å². The number of hydrogen-bond donors (Lipinski definition) is 0. The zero-order chi connectivity index (χ0) is 14.4. The molecule has 21 heavy (non-hydrogen) atoms. The van der Waals surface area contributed by atoms with E-state index in [0.29, 0.717) is 0 Å². The summed E-state index contributed by atoms with van der Waals surface area (Å²) in [6, 6.07) is 6.99. The molecule has 3 nitrogen and oxygen atoms in total. The highest BCUT2D eigenvalue weighted by molar-refractivity contribution is 5.85. The monoisotopic (exact) mass is 281 g/mol. The molecule has 1 aliphatic heterocycles. The lowest BCUT2D eigenvalue weighted by molar-refractivity contribution is 0.312. The Bertz CT molecular complexity index is 684. The molecule has 0 bridgehead atoms. The maximum Gasteiger partial charge on any atom is 0.129 e. The SMILES string of the molecule is Cc1cc(N2CCN(C)CC2)nc2cc3c(cc12)CCC3. The number of hydrogen-bond acceptors (Lipinski definition) is 3. The molecule has 2 aliphatic rings. The van der Waals surface area contributed by atoms with Gasteiger partial charge in [-0.05, 0) is 68.1 Å². The van der Waals surface area contributed by atoms with E-state index < -0.39 is 0 Å². The van der Waals surface area contributed by atoms with Gasteiger partial charge < -0.3 is 9.80 Å². The molecular formula is C18H23N3. The molecule has 4 rings (SSSR count). The molecule has 110 valence electrons. The summed E-state index contributed by atoms with van der Waals surface area (Å²) in [4.78, 5) is 9.79. The van der Waals surface area contributed by atoms with E-state index >= 15 is 0 Å². The van der Waals surface area contributed by atoms with Crippen LogP contribution in [-0.2, 0) is 12.8 Å². The van der Waals surface area contributed by atoms with Gasteiger partial charge in [0.25, 0.3) is 0 Å². The van der Waals surface area contributed by atoms with E-state index in [9.17, 15) is 0 Å². The Hall–Kier alpha value is -1.61. The van der Waals surface area contributed by atoms with Gasteiger partial charge in [0.05, 0.1) is 5.52 Å². The molecule has 0 atom stereocenters. The van der Waals surface area contributed by atoms with Crippen molar-refractivity contribution in [3.05, 3.63) is 34.9 Å². The number of nitrogens with zero attached hydrogens (tertiary/aromatic N) is 3. The predicted molar refractivity (Wildman–Crippen MR) is 88.2 cm³/mol. The van der Waals surface area contributed by atoms with Crippen molar-refractivity contribution in [1.29, 1.82) is 0 Å². The Kier molecular flexibility index (Phi) is 3.11. The van der Waals surface area contributed by atoms with Gasteiger partial charge in [0.1, 0.15) is 5.82 Å². The number of pyridine rings is 1. The van der Waals surface area contributed by atoms with Gasteiger partial charge in [0.2, 0.25) is 0 Å². The van der Waals surface area contributed by atoms with Crippen molar-refractivity contribution in [3.8, 4) is 0 Å². The number of benzene rings is 1. The molecule has 1 aliphatic carbocycles. The van der Waals surface area contributed by atoms with Crippen LogP contribution in [-0.4, -0.2) is 43.1 Å². The minimum Gasteiger partial charge on any atom is -0.354 e. The summed E-state index contributed by atoms with van der Waals surface area (Å²) in [5.74, 6) is 1.16. The molecule has 1 aromatic carbocycles. The molecule has 3 heteroatoms. The van der Waals surface area contributed by atoms with E-state index in [4.69, 9.17) is 4.98 Å². The highest BCUT2D eigenvalue weighted by atomic mass is 15.3. The molecule has 0 spiro atoms. The third-order valence-electron chi connectivity index (χ3n) is 5.04. The van der Waals surface area contributed by atoms with Crippen LogP contribution in [0.3, 0.4) is 0 Å². The lowest BCUT2D eigenvalue weighted by atomic mass is 10.0. The Morgan fingerprint density at radius 2 is 1.67 bits per heavy atom. The van der Waals surface area contributed by atoms with Crippen LogP contribution in [0.25, 0.3) is 10.9 Å². The van der Waals surface area contributed by atoms with Crippen molar-refractivity contribution in [3.63, 3.8) is 0 Å². The second-order valence-electron chi connectivity index (χ2n) is 6.58. The van der Waals surface area contributed by atoms with Crippen molar-refractivity contribution in [2.45, 2.75) is 26.2 Å². The van der Waals surface area contributed by atoms with Crippen molar-refractivity contribution in [2.24, 2.45) is 0 Å². The molecule has 0 radical (unpaired) electrons. The van der Waals surface area contributed by atoms with Crippen molar-refractivity contribution < 1.29 is 0 Å². The van der Waals surface area contributed by atoms with Gasteiger partial charge in [0, 0.05) is 31.6 Å². The van der Waals surface area contributed by atoms with Crippen LogP contribution in [0.1, 0.15) is 23.1 Å². The number of piperazine rings is 1. The lowest BCUT2D eigenvalue weighted by Gasteiger charge is -2.33. The van der Waals surface area contributed by atoms with E-state index in [0.717, 1.165) is 32.0 Å². The number of anilines is 1. The minimum atomic E-state index is 1.08. The van der Waals surface area contributed by atoms with Crippen molar-refractivity contribution in [1.82, 2.24) is 9.88 Å². The van der Waals surface area contributed by atoms with Gasteiger partial charge in [-0.2, -0.15) is 0 Å². The van der Waals surface area contributed by atoms with Gasteiger partial charge in [-0.15, -0.1) is 0 Å². The standard InChI is InChI=1S/C18H23N3/c1-13-10-18(21-8-6-20(2)7-9-21)19-17-12-15-5-3-4-14(15)11-16(13)17/h10-12H,3-9H2,1-2H3. The van der Waals surface area contributed by atoms with Crippen molar-refractivity contribution >= 4 is 16.7 Å². The maximum atomic E-state index is 4.97. The third kappa shape index (κ3) is 2.30. The molecule has 1 aromatic heterocycles. The number of aromatic nitrogens is 1. The fourth-order valence-electron chi connectivity index (χ4n) is 3.64. The molecule has 2 heterocycles. The lowest BCUT2D eigenvalue weighted by Crippen LogP contribution is -2.44. The number of aryl methyl sites for hydroxylation is 3. The molecule has 0 saturated carbocycles. The quantitative estimate of drug-likeness (QED) is 0.801. The molecule has 0 amide bonds. The van der Waals surface area contributed by atoms with Crippen LogP contribution < -0.4 is 4.90 Å². The normalized spacial score (nSPS) is 19.2. The number of likely N-dealkylation sites (N-methyl/N-ethyl adjacent to an activating group) is 1. The average molecular weight is 281 g/mol. The average Bonchev–Trinajstić information content (AvgIpc) is 2.93. The van der Waals surface area contributed by atoms with E-state index in [1.807, 2.05) is 0 Å². The summed E-state index contributed by atoms with van der Waals surface area (Å²) in [6.07, 6.45) is 3.77. The first-order chi connectivity index (χ1) is 10.2. The zero-order valence-electron chi connectivity index (χ0n) is 13.0. The summed E-state index contributed by atoms with van der Waals surface area (Å²) < 4.78 is 0. The van der Waals surface area contributed by atoms with Gasteiger partial charge >= 0.3 is 0 Å². The van der Waals surface area contributed by atoms with Gasteiger partial charge in [-0.1, -0.05) is 0 Å². The van der Waals surface area contributed by atoms with Gasteiger partial charge in [0.15, 0.2) is 0 Å². The maximum absolute atomic E-state index is 4.97. The van der Waals surface area contributed by atoms with Crippen LogP contribution in [0.15, 0.2) is 18.2 Å². The highest BCUT2D eigenvalue weighted by Crippen LogP contribution is 2.30. The summed E-state index contributed by atoms with van der Waals surface area (Å²) in [5, 5.41) is 1.34. The molecule has 2 aromatic rings. The first kappa shape index (κ1) is 13.1. The Morgan fingerprint density at radius 3 is 2.43 bits per heavy atom. The van der Waals surface area contributed by atoms with Crippen LogP contribution in [0, 0.1) is 6.92 Å². The highest BCUT2D eigenvalue weighted by Gasteiger charge is 2.18. The molecule has 0 N–H and O–H groups in total. The second-order valence-corrected chi connectivity index (χ2v) is 6.58. The fourth-order valence-corrected chi connectivity index (χ4v) is 3.64. The minimum absolute atomic E-state index is 1.08. The molecular weight excluding hydrogens is 258 g/mol. The predicted octanol–water partition coefficient (Wildman–Crippen LogP) is 2.78. The van der Waals surface area contributed by atoms with E-state index in [1.165, 1.54) is 41.3 Å². The fraction of sp³-hybridized carbons (Fsp3) is 0.500. The number of fused-ring (bicyclic) bond motifs is 2. The van der Waals surface area contributed by atoms with Gasteiger partial charge in [-0.25, -0.2) is 4.98 Å². The molecule has 1 fully saturated rings. The summed E-state index contributed by atoms with van der Waals surface area (Å²) in [6.45, 7) is 6.65. The zero-order valence-corrected chi connectivity index (χ0v) is 13.0. The van der Waals surface area contributed by atoms with Crippen LogP contribution in [0.4, 0.5) is 5.82 Å². The molecule has 1 saturated heterocycles. The third-order valence-corrected chi connectivity index (χ3v) is 5.04. The molecule has 0 unspecified atom stereocenters. The first-order valence-electron chi connectivity index (χ1n) is 8.07. The topological polar surface area (TPSA) is 19.4 Å². The van der Waals surface area contributed by atoms with E-state index in [1.54, 1.807) is 5.56 Å². The van der Waals surface area contributed by atoms with Crippen LogP contribution in [0.2, 0.25) is 0 Å². The van der Waals surface area contributed by atoms with Gasteiger partial charge in [-0.3, -0.25) is 0 Å². The van der Waals surface area contributed by atoms with Crippen LogP contribution >= 0.6 is 0 Å². The first-order valence-corrected chi connectivity index (χ1v) is 8.07. The smallest absolute Gasteiger partial charge is 0.129 e. The number of rotatable bonds is 1. The Morgan fingerprint density at radius 1 is 0.952 bits per heavy atom. The second kappa shape index (κ2) is 4.99. The summed E-state index contributed by atoms with van der Waals surface area (Å²) in [7, 11) is 2.19. The van der Waals surface area contributed by atoms with Crippen molar-refractivity contribution in [2.75, 3.05) is 38.1 Å². The van der Waals surface area contributed by atoms with Crippen LogP contribution in [0.5, 0.6) is 0 Å². The Balaban J connectivity index is 1.76. The van der Waals surface area contributed by atoms with E-state index in [2.05, 4.69) is 42.0 Å².